The summed E-state index contributed by atoms with van der Waals surface area (Å²) in [6.45, 7) is 18.2. The molecule has 0 radical (unpaired) electrons. The SMILES string of the molecule is Cn1cc(C2=CC(C)(C)NC(C)(C)C2)cc1C1=CC(C)(C)NC(C)(C)C1. The fraction of sp³-hybridized carbons (Fsp3) is 0.652. The van der Waals surface area contributed by atoms with Crippen LogP contribution in [0, 0.1) is 0 Å². The van der Waals surface area contributed by atoms with Gasteiger partial charge in [0.15, 0.2) is 0 Å². The molecule has 26 heavy (non-hydrogen) atoms. The largest absolute Gasteiger partial charge is 0.350 e. The fourth-order valence-electron chi connectivity index (χ4n) is 5.24. The average molecular weight is 356 g/mol. The van der Waals surface area contributed by atoms with Crippen molar-refractivity contribution in [3.63, 3.8) is 0 Å². The quantitative estimate of drug-likeness (QED) is 0.790. The molecule has 0 bridgehead atoms. The Kier molecular flexibility index (Phi) is 4.36. The molecule has 1 aromatic heterocycles. The summed E-state index contributed by atoms with van der Waals surface area (Å²) in [4.78, 5) is 0. The lowest BCUT2D eigenvalue weighted by Gasteiger charge is -2.41. The highest BCUT2D eigenvalue weighted by molar-refractivity contribution is 5.75. The summed E-state index contributed by atoms with van der Waals surface area (Å²) >= 11 is 0. The smallest absolute Gasteiger partial charge is 0.0441 e. The highest BCUT2D eigenvalue weighted by atomic mass is 15.1. The van der Waals surface area contributed by atoms with Crippen LogP contribution in [0.15, 0.2) is 24.4 Å². The second kappa shape index (κ2) is 5.84. The van der Waals surface area contributed by atoms with E-state index in [2.05, 4.69) is 102 Å². The zero-order valence-corrected chi connectivity index (χ0v) is 18.2. The second-order valence-corrected chi connectivity index (χ2v) is 10.9. The van der Waals surface area contributed by atoms with Gasteiger partial charge in [0, 0.05) is 41.1 Å². The summed E-state index contributed by atoms with van der Waals surface area (Å²) in [5.41, 5.74) is 5.86. The van der Waals surface area contributed by atoms with Gasteiger partial charge in [-0.1, -0.05) is 12.2 Å². The van der Waals surface area contributed by atoms with E-state index >= 15 is 0 Å². The van der Waals surface area contributed by atoms with Crippen LogP contribution in [0.3, 0.4) is 0 Å². The molecule has 3 nitrogen and oxygen atoms in total. The molecule has 0 atom stereocenters. The topological polar surface area (TPSA) is 29.0 Å². The van der Waals surface area contributed by atoms with Crippen LogP contribution >= 0.6 is 0 Å². The lowest BCUT2D eigenvalue weighted by Crippen LogP contribution is -2.53. The number of hydrogen-bond acceptors (Lipinski definition) is 2. The predicted octanol–water partition coefficient (Wildman–Crippen LogP) is 4.89. The molecular formula is C23H37N3. The van der Waals surface area contributed by atoms with Gasteiger partial charge in [-0.2, -0.15) is 0 Å². The molecule has 0 fully saturated rings. The van der Waals surface area contributed by atoms with Gasteiger partial charge in [-0.3, -0.25) is 0 Å². The lowest BCUT2D eigenvalue weighted by molar-refractivity contribution is 0.296. The van der Waals surface area contributed by atoms with E-state index in [9.17, 15) is 0 Å². The van der Waals surface area contributed by atoms with Crippen molar-refractivity contribution in [2.75, 3.05) is 0 Å². The van der Waals surface area contributed by atoms with E-state index in [1.165, 1.54) is 22.4 Å². The van der Waals surface area contributed by atoms with Gasteiger partial charge in [0.1, 0.15) is 0 Å². The molecule has 0 unspecified atom stereocenters. The van der Waals surface area contributed by atoms with Gasteiger partial charge in [-0.15, -0.1) is 0 Å². The summed E-state index contributed by atoms with van der Waals surface area (Å²) in [5, 5.41) is 7.47. The van der Waals surface area contributed by atoms with Gasteiger partial charge in [-0.05, 0) is 91.0 Å². The molecule has 1 aromatic rings. The first-order valence-corrected chi connectivity index (χ1v) is 9.86. The van der Waals surface area contributed by atoms with Gasteiger partial charge in [0.2, 0.25) is 0 Å². The average Bonchev–Trinajstić information content (AvgIpc) is 2.73. The summed E-state index contributed by atoms with van der Waals surface area (Å²) in [6, 6.07) is 2.40. The number of aryl methyl sites for hydroxylation is 1. The maximum Gasteiger partial charge on any atom is 0.0441 e. The molecule has 0 aliphatic carbocycles. The van der Waals surface area contributed by atoms with E-state index in [0.717, 1.165) is 12.8 Å². The lowest BCUT2D eigenvalue weighted by atomic mass is 9.81. The third-order valence-corrected chi connectivity index (χ3v) is 5.36. The summed E-state index contributed by atoms with van der Waals surface area (Å²) in [7, 11) is 2.18. The number of nitrogens with one attached hydrogen (secondary N) is 2. The van der Waals surface area contributed by atoms with Crippen LogP contribution in [0.5, 0.6) is 0 Å². The molecule has 2 aliphatic rings. The maximum absolute atomic E-state index is 3.74. The van der Waals surface area contributed by atoms with Crippen LogP contribution in [-0.4, -0.2) is 26.7 Å². The molecule has 2 N–H and O–H groups in total. The van der Waals surface area contributed by atoms with Crippen LogP contribution < -0.4 is 10.6 Å². The standard InChI is InChI=1S/C23H37N3/c1-20(2)11-17(12-21(3,4)24-20)16-10-19(26(9)15-16)18-13-22(5,6)25-23(7,8)14-18/h10-11,13,15,24-25H,12,14H2,1-9H3. The van der Waals surface area contributed by atoms with E-state index in [-0.39, 0.29) is 22.2 Å². The van der Waals surface area contributed by atoms with Gasteiger partial charge in [-0.25, -0.2) is 0 Å². The van der Waals surface area contributed by atoms with E-state index in [1.54, 1.807) is 0 Å². The Hall–Kier alpha value is -1.32. The Morgan fingerprint density at radius 1 is 0.769 bits per heavy atom. The van der Waals surface area contributed by atoms with Crippen LogP contribution in [-0.2, 0) is 7.05 Å². The molecule has 2 aliphatic heterocycles. The monoisotopic (exact) mass is 355 g/mol. The van der Waals surface area contributed by atoms with Crippen LogP contribution in [0.4, 0.5) is 0 Å². The molecule has 144 valence electrons. The van der Waals surface area contributed by atoms with Crippen molar-refractivity contribution in [3.05, 3.63) is 35.7 Å². The number of hydrogen-bond donors (Lipinski definition) is 2. The predicted molar refractivity (Wildman–Crippen MR) is 113 cm³/mol. The first-order chi connectivity index (χ1) is 11.7. The van der Waals surface area contributed by atoms with Gasteiger partial charge in [0.05, 0.1) is 0 Å². The van der Waals surface area contributed by atoms with Crippen molar-refractivity contribution in [1.82, 2.24) is 15.2 Å². The molecule has 0 saturated heterocycles. The van der Waals surface area contributed by atoms with E-state index < -0.39 is 0 Å². The Morgan fingerprint density at radius 3 is 1.73 bits per heavy atom. The van der Waals surface area contributed by atoms with Crippen molar-refractivity contribution in [1.29, 1.82) is 0 Å². The first-order valence-electron chi connectivity index (χ1n) is 9.86. The van der Waals surface area contributed by atoms with E-state index in [4.69, 9.17) is 0 Å². The van der Waals surface area contributed by atoms with Crippen molar-refractivity contribution in [2.45, 2.75) is 90.4 Å². The summed E-state index contributed by atoms with van der Waals surface area (Å²) in [5.74, 6) is 0. The molecule has 0 aromatic carbocycles. The van der Waals surface area contributed by atoms with Gasteiger partial charge >= 0.3 is 0 Å². The third-order valence-electron chi connectivity index (χ3n) is 5.36. The molecule has 0 amide bonds. The van der Waals surface area contributed by atoms with Crippen molar-refractivity contribution in [3.8, 4) is 0 Å². The van der Waals surface area contributed by atoms with Crippen molar-refractivity contribution in [2.24, 2.45) is 7.05 Å². The zero-order valence-electron chi connectivity index (χ0n) is 18.2. The van der Waals surface area contributed by atoms with E-state index in [1.807, 2.05) is 0 Å². The maximum atomic E-state index is 3.74. The van der Waals surface area contributed by atoms with E-state index in [0.29, 0.717) is 0 Å². The molecule has 0 saturated carbocycles. The highest BCUT2D eigenvalue weighted by Gasteiger charge is 2.35. The Morgan fingerprint density at radius 2 is 1.23 bits per heavy atom. The summed E-state index contributed by atoms with van der Waals surface area (Å²) < 4.78 is 2.31. The molecule has 3 rings (SSSR count). The molecule has 3 heteroatoms. The molecule has 0 spiro atoms. The number of nitrogens with zero attached hydrogens (tertiary/aromatic N) is 1. The first kappa shape index (κ1) is 19.4. The van der Waals surface area contributed by atoms with Crippen LogP contribution in [0.25, 0.3) is 11.1 Å². The van der Waals surface area contributed by atoms with Gasteiger partial charge in [0.25, 0.3) is 0 Å². The minimum absolute atomic E-state index is 0.0134. The molecular weight excluding hydrogens is 318 g/mol. The Labute approximate surface area is 159 Å². The number of rotatable bonds is 2. The zero-order chi connectivity index (χ0) is 19.5. The Bertz CT molecular complexity index is 769. The van der Waals surface area contributed by atoms with Crippen molar-refractivity contribution < 1.29 is 0 Å². The minimum atomic E-state index is 0.0134. The third kappa shape index (κ3) is 4.15. The second-order valence-electron chi connectivity index (χ2n) is 10.9. The summed E-state index contributed by atoms with van der Waals surface area (Å²) in [6.07, 6.45) is 9.22. The Balaban J connectivity index is 2.01. The normalized spacial score (nSPS) is 26.2. The van der Waals surface area contributed by atoms with Crippen molar-refractivity contribution >= 4 is 11.1 Å². The van der Waals surface area contributed by atoms with Crippen LogP contribution in [0.1, 0.15) is 79.5 Å². The minimum Gasteiger partial charge on any atom is -0.350 e. The molecule has 3 heterocycles. The fourth-order valence-corrected chi connectivity index (χ4v) is 5.24. The highest BCUT2D eigenvalue weighted by Crippen LogP contribution is 2.38. The van der Waals surface area contributed by atoms with Gasteiger partial charge < -0.3 is 15.2 Å². The van der Waals surface area contributed by atoms with Crippen LogP contribution in [0.2, 0.25) is 0 Å². The number of aromatic nitrogens is 1.